The van der Waals surface area contributed by atoms with Gasteiger partial charge in [0.25, 0.3) is 0 Å². The smallest absolute Gasteiger partial charge is 0.410 e. The van der Waals surface area contributed by atoms with Gasteiger partial charge in [-0.1, -0.05) is 48.5 Å². The fourth-order valence-corrected chi connectivity index (χ4v) is 4.02. The van der Waals surface area contributed by atoms with E-state index in [-0.39, 0.29) is 18.6 Å². The summed E-state index contributed by atoms with van der Waals surface area (Å²) < 4.78 is 5.62. The van der Waals surface area contributed by atoms with Crippen molar-refractivity contribution in [2.75, 3.05) is 19.7 Å². The average Bonchev–Trinajstić information content (AvgIpc) is 3.18. The number of nitrogens with two attached hydrogens (primary N) is 1. The third-order valence-corrected chi connectivity index (χ3v) is 5.24. The maximum Gasteiger partial charge on any atom is 0.410 e. The predicted octanol–water partition coefficient (Wildman–Crippen LogP) is 2.33. The van der Waals surface area contributed by atoms with E-state index in [0.29, 0.717) is 19.5 Å². The van der Waals surface area contributed by atoms with Crippen molar-refractivity contribution in [3.8, 4) is 11.1 Å². The molecule has 2 aromatic rings. The lowest BCUT2D eigenvalue weighted by Gasteiger charge is -2.23. The lowest BCUT2D eigenvalue weighted by atomic mass is 9.98. The molecule has 0 unspecified atom stereocenters. The van der Waals surface area contributed by atoms with Crippen LogP contribution in [0.5, 0.6) is 0 Å². The fraction of sp³-hybridized carbons (Fsp3) is 0.350. The van der Waals surface area contributed by atoms with E-state index in [2.05, 4.69) is 24.3 Å². The number of aliphatic hydroxyl groups is 1. The van der Waals surface area contributed by atoms with Crippen LogP contribution in [-0.2, 0) is 4.74 Å². The summed E-state index contributed by atoms with van der Waals surface area (Å²) in [6, 6.07) is 16.3. The highest BCUT2D eigenvalue weighted by Gasteiger charge is 2.35. The molecule has 1 heterocycles. The zero-order chi connectivity index (χ0) is 17.4. The number of fused-ring (bicyclic) bond motifs is 3. The second-order valence-electron chi connectivity index (χ2n) is 6.74. The van der Waals surface area contributed by atoms with Gasteiger partial charge in [0.05, 0.1) is 12.6 Å². The Morgan fingerprint density at radius 3 is 2.32 bits per heavy atom. The van der Waals surface area contributed by atoms with E-state index in [9.17, 15) is 9.90 Å². The second kappa shape index (κ2) is 6.50. The Morgan fingerprint density at radius 2 is 1.72 bits per heavy atom. The van der Waals surface area contributed by atoms with E-state index in [0.717, 1.165) is 0 Å². The van der Waals surface area contributed by atoms with E-state index in [1.165, 1.54) is 22.3 Å². The van der Waals surface area contributed by atoms with Crippen molar-refractivity contribution in [3.63, 3.8) is 0 Å². The van der Waals surface area contributed by atoms with Gasteiger partial charge in [-0.25, -0.2) is 4.79 Å². The van der Waals surface area contributed by atoms with E-state index >= 15 is 0 Å². The molecule has 5 heteroatoms. The first-order chi connectivity index (χ1) is 12.2. The number of benzene rings is 2. The number of hydrogen-bond acceptors (Lipinski definition) is 4. The maximum atomic E-state index is 12.5. The molecule has 2 atom stereocenters. The zero-order valence-corrected chi connectivity index (χ0v) is 14.0. The standard InChI is InChI=1S/C20H22N2O3/c21-10-13-9-14(23)11-22(13)20(24)25-12-19-17-7-3-1-5-15(17)16-6-2-4-8-18(16)19/h1-8,13-14,19,23H,9-12,21H2/t13-,14-/m1/s1. The summed E-state index contributed by atoms with van der Waals surface area (Å²) in [5.74, 6) is 0.0419. The number of β-amino-alcohol motifs (C(OH)–C–C–N with tert-alkyl or cyclic N) is 1. The number of ether oxygens (including phenoxy) is 1. The first-order valence-corrected chi connectivity index (χ1v) is 8.68. The number of carbonyl (C=O) groups excluding carboxylic acids is 1. The minimum Gasteiger partial charge on any atom is -0.448 e. The summed E-state index contributed by atoms with van der Waals surface area (Å²) in [7, 11) is 0. The molecule has 0 bridgehead atoms. The fourth-order valence-electron chi connectivity index (χ4n) is 4.02. The summed E-state index contributed by atoms with van der Waals surface area (Å²) in [6.45, 7) is 0.913. The van der Waals surface area contributed by atoms with Gasteiger partial charge in [0, 0.05) is 18.5 Å². The number of likely N-dealkylation sites (tertiary alicyclic amines) is 1. The first kappa shape index (κ1) is 16.1. The molecule has 1 amide bonds. The molecule has 2 aromatic carbocycles. The van der Waals surface area contributed by atoms with Crippen molar-refractivity contribution in [2.45, 2.75) is 24.5 Å². The number of aliphatic hydroxyl groups excluding tert-OH is 1. The molecule has 5 nitrogen and oxygen atoms in total. The Kier molecular flexibility index (Phi) is 4.19. The molecule has 4 rings (SSSR count). The lowest BCUT2D eigenvalue weighted by molar-refractivity contribution is 0.0918. The molecule has 0 spiro atoms. The van der Waals surface area contributed by atoms with Crippen molar-refractivity contribution < 1.29 is 14.6 Å². The van der Waals surface area contributed by atoms with E-state index in [1.54, 1.807) is 4.90 Å². The monoisotopic (exact) mass is 338 g/mol. The molecule has 0 aromatic heterocycles. The van der Waals surface area contributed by atoms with Crippen molar-refractivity contribution >= 4 is 6.09 Å². The van der Waals surface area contributed by atoms with Crippen LogP contribution in [0, 0.1) is 0 Å². The van der Waals surface area contributed by atoms with Crippen LogP contribution in [0.1, 0.15) is 23.5 Å². The molecule has 3 N–H and O–H groups in total. The van der Waals surface area contributed by atoms with Gasteiger partial charge in [-0.15, -0.1) is 0 Å². The Balaban J connectivity index is 1.53. The molecule has 1 aliphatic carbocycles. The van der Waals surface area contributed by atoms with Crippen molar-refractivity contribution in [2.24, 2.45) is 5.73 Å². The molecule has 130 valence electrons. The van der Waals surface area contributed by atoms with Crippen LogP contribution in [0.3, 0.4) is 0 Å². The van der Waals surface area contributed by atoms with Gasteiger partial charge in [-0.3, -0.25) is 0 Å². The van der Waals surface area contributed by atoms with Crippen LogP contribution in [0.4, 0.5) is 4.79 Å². The lowest BCUT2D eigenvalue weighted by Crippen LogP contribution is -2.40. The van der Waals surface area contributed by atoms with Gasteiger partial charge in [0.1, 0.15) is 6.61 Å². The van der Waals surface area contributed by atoms with Gasteiger partial charge in [-0.2, -0.15) is 0 Å². The average molecular weight is 338 g/mol. The maximum absolute atomic E-state index is 12.5. The Morgan fingerprint density at radius 1 is 1.12 bits per heavy atom. The Labute approximate surface area is 147 Å². The Hall–Kier alpha value is -2.37. The van der Waals surface area contributed by atoms with E-state index < -0.39 is 12.2 Å². The summed E-state index contributed by atoms with van der Waals surface area (Å²) in [4.78, 5) is 14.0. The second-order valence-corrected chi connectivity index (χ2v) is 6.74. The minimum absolute atomic E-state index is 0.0419. The molecule has 0 radical (unpaired) electrons. The van der Waals surface area contributed by atoms with Gasteiger partial charge < -0.3 is 20.5 Å². The largest absolute Gasteiger partial charge is 0.448 e. The number of nitrogens with zero attached hydrogens (tertiary/aromatic N) is 1. The highest BCUT2D eigenvalue weighted by molar-refractivity contribution is 5.79. The van der Waals surface area contributed by atoms with Gasteiger partial charge in [0.15, 0.2) is 0 Å². The number of carbonyl (C=O) groups is 1. The third-order valence-electron chi connectivity index (χ3n) is 5.24. The molecule has 1 fully saturated rings. The van der Waals surface area contributed by atoms with Gasteiger partial charge in [-0.05, 0) is 28.7 Å². The van der Waals surface area contributed by atoms with Crippen LogP contribution < -0.4 is 5.73 Å². The molecule has 25 heavy (non-hydrogen) atoms. The van der Waals surface area contributed by atoms with Crippen LogP contribution >= 0.6 is 0 Å². The highest BCUT2D eigenvalue weighted by atomic mass is 16.6. The molecular formula is C20H22N2O3. The quantitative estimate of drug-likeness (QED) is 0.901. The third kappa shape index (κ3) is 2.79. The number of amides is 1. The van der Waals surface area contributed by atoms with Crippen molar-refractivity contribution in [1.82, 2.24) is 4.90 Å². The number of hydrogen-bond donors (Lipinski definition) is 2. The van der Waals surface area contributed by atoms with Crippen LogP contribution in [0.15, 0.2) is 48.5 Å². The first-order valence-electron chi connectivity index (χ1n) is 8.68. The molecule has 2 aliphatic rings. The van der Waals surface area contributed by atoms with E-state index in [1.807, 2.05) is 24.3 Å². The number of rotatable bonds is 3. The summed E-state index contributed by atoms with van der Waals surface area (Å²) in [6.07, 6.45) is -0.399. The van der Waals surface area contributed by atoms with Crippen LogP contribution in [0.25, 0.3) is 11.1 Å². The topological polar surface area (TPSA) is 75.8 Å². The summed E-state index contributed by atoms with van der Waals surface area (Å²) in [5.41, 5.74) is 10.5. The van der Waals surface area contributed by atoms with Gasteiger partial charge in [0.2, 0.25) is 0 Å². The van der Waals surface area contributed by atoms with Crippen molar-refractivity contribution in [1.29, 1.82) is 0 Å². The summed E-state index contributed by atoms with van der Waals surface area (Å²) >= 11 is 0. The highest BCUT2D eigenvalue weighted by Crippen LogP contribution is 2.44. The van der Waals surface area contributed by atoms with Gasteiger partial charge >= 0.3 is 6.09 Å². The SMILES string of the molecule is NC[C@H]1C[C@@H](O)CN1C(=O)OCC1c2ccccc2-c2ccccc21. The normalized spacial score (nSPS) is 21.9. The van der Waals surface area contributed by atoms with Crippen LogP contribution in [0.2, 0.25) is 0 Å². The van der Waals surface area contributed by atoms with Crippen molar-refractivity contribution in [3.05, 3.63) is 59.7 Å². The zero-order valence-electron chi connectivity index (χ0n) is 14.0. The van der Waals surface area contributed by atoms with E-state index in [4.69, 9.17) is 10.5 Å². The molecule has 0 saturated carbocycles. The molecule has 1 aliphatic heterocycles. The van der Waals surface area contributed by atoms with Crippen LogP contribution in [-0.4, -0.2) is 47.9 Å². The summed E-state index contributed by atoms with van der Waals surface area (Å²) in [5, 5.41) is 9.79. The molecule has 1 saturated heterocycles. The molecular weight excluding hydrogens is 316 g/mol. The Bertz CT molecular complexity index is 747. The predicted molar refractivity (Wildman–Crippen MR) is 95.2 cm³/mol. The minimum atomic E-state index is -0.519.